The number of aromatic nitrogens is 2. The summed E-state index contributed by atoms with van der Waals surface area (Å²) in [6.07, 6.45) is 7.16. The lowest BCUT2D eigenvalue weighted by Crippen LogP contribution is -2.31. The summed E-state index contributed by atoms with van der Waals surface area (Å²) in [4.78, 5) is 4.36. The summed E-state index contributed by atoms with van der Waals surface area (Å²) in [6, 6.07) is 13.6. The summed E-state index contributed by atoms with van der Waals surface area (Å²) in [6.45, 7) is 2.34. The highest BCUT2D eigenvalue weighted by Gasteiger charge is 2.36. The minimum absolute atomic E-state index is 0.0805. The normalized spacial score (nSPS) is 15.3. The van der Waals surface area contributed by atoms with Crippen molar-refractivity contribution in [1.82, 2.24) is 13.7 Å². The lowest BCUT2D eigenvalue weighted by atomic mass is 10.2. The van der Waals surface area contributed by atoms with E-state index in [4.69, 9.17) is 0 Å². The first-order valence-corrected chi connectivity index (χ1v) is 10.2. The molecule has 0 bridgehead atoms. The van der Waals surface area contributed by atoms with Gasteiger partial charge in [-0.15, -0.1) is 0 Å². The van der Waals surface area contributed by atoms with E-state index >= 15 is 0 Å². The molecule has 0 spiro atoms. The fourth-order valence-corrected chi connectivity index (χ4v) is 4.40. The number of rotatable bonds is 6. The molecule has 1 aliphatic carbocycles. The Kier molecular flexibility index (Phi) is 4.38. The third-order valence-corrected chi connectivity index (χ3v) is 6.16. The molecule has 0 radical (unpaired) electrons. The van der Waals surface area contributed by atoms with Crippen LogP contribution in [0.1, 0.15) is 29.7 Å². The first-order chi connectivity index (χ1) is 12.5. The quantitative estimate of drug-likeness (QED) is 0.669. The van der Waals surface area contributed by atoms with Gasteiger partial charge in [0.1, 0.15) is 5.65 Å². The van der Waals surface area contributed by atoms with Crippen LogP contribution in [0.2, 0.25) is 0 Å². The number of imidazole rings is 1. The summed E-state index contributed by atoms with van der Waals surface area (Å²) in [5.74, 6) is 0. The van der Waals surface area contributed by atoms with Gasteiger partial charge in [0.15, 0.2) is 0 Å². The van der Waals surface area contributed by atoms with Gasteiger partial charge in [-0.1, -0.05) is 35.9 Å². The van der Waals surface area contributed by atoms with Gasteiger partial charge in [0.2, 0.25) is 10.0 Å². The molecule has 1 fully saturated rings. The number of nitrogens with zero attached hydrogens (tertiary/aromatic N) is 3. The topological polar surface area (TPSA) is 54.7 Å². The highest BCUT2D eigenvalue weighted by molar-refractivity contribution is 7.92. The van der Waals surface area contributed by atoms with Crippen LogP contribution in [0, 0.1) is 6.92 Å². The van der Waals surface area contributed by atoms with Gasteiger partial charge in [-0.2, -0.15) is 4.31 Å². The van der Waals surface area contributed by atoms with Crippen molar-refractivity contribution in [3.05, 3.63) is 77.1 Å². The highest BCUT2D eigenvalue weighted by atomic mass is 32.2. The summed E-state index contributed by atoms with van der Waals surface area (Å²) < 4.78 is 29.4. The fraction of sp³-hybridized carbons (Fsp3) is 0.250. The van der Waals surface area contributed by atoms with Gasteiger partial charge in [-0.05, 0) is 43.5 Å². The number of benzene rings is 1. The second-order valence-corrected chi connectivity index (χ2v) is 8.48. The third-order valence-electron chi connectivity index (χ3n) is 4.60. The summed E-state index contributed by atoms with van der Waals surface area (Å²) >= 11 is 0. The molecule has 0 saturated heterocycles. The molecule has 4 rings (SSSR count). The molecule has 26 heavy (non-hydrogen) atoms. The summed E-state index contributed by atoms with van der Waals surface area (Å²) in [5, 5.41) is 1.32. The van der Waals surface area contributed by atoms with Gasteiger partial charge in [0.05, 0.1) is 18.4 Å². The van der Waals surface area contributed by atoms with Crippen LogP contribution in [0.15, 0.2) is 60.3 Å². The van der Waals surface area contributed by atoms with E-state index in [0.29, 0.717) is 6.54 Å². The van der Waals surface area contributed by atoms with Crippen LogP contribution < -0.4 is 0 Å². The highest BCUT2D eigenvalue weighted by Crippen LogP contribution is 2.31. The first kappa shape index (κ1) is 17.0. The molecule has 5 nitrogen and oxygen atoms in total. The van der Waals surface area contributed by atoms with E-state index in [1.165, 1.54) is 5.41 Å². The molecule has 0 unspecified atom stereocenters. The van der Waals surface area contributed by atoms with Crippen molar-refractivity contribution in [1.29, 1.82) is 0 Å². The van der Waals surface area contributed by atoms with Gasteiger partial charge in [0.25, 0.3) is 0 Å². The predicted molar refractivity (Wildman–Crippen MR) is 103 cm³/mol. The number of fused-ring (bicyclic) bond motifs is 1. The molecule has 2 aromatic heterocycles. The SMILES string of the molecule is Cc1ccc(C=CS(=O)(=O)N(Cc2cnc3ccccn23)C2CC2)cc1. The maximum absolute atomic E-state index is 12.9. The molecular weight excluding hydrogens is 346 g/mol. The van der Waals surface area contributed by atoms with Gasteiger partial charge < -0.3 is 4.40 Å². The van der Waals surface area contributed by atoms with E-state index in [9.17, 15) is 8.42 Å². The van der Waals surface area contributed by atoms with Crippen LogP contribution >= 0.6 is 0 Å². The van der Waals surface area contributed by atoms with Crippen LogP contribution in [0.4, 0.5) is 0 Å². The van der Waals surface area contributed by atoms with Crippen molar-refractivity contribution in [3.63, 3.8) is 0 Å². The molecule has 0 amide bonds. The molecule has 1 aromatic carbocycles. The Balaban J connectivity index is 1.60. The Labute approximate surface area is 153 Å². The number of sulfonamides is 1. The van der Waals surface area contributed by atoms with Crippen molar-refractivity contribution in [2.45, 2.75) is 32.4 Å². The number of pyridine rings is 1. The Morgan fingerprint density at radius 2 is 1.96 bits per heavy atom. The van der Waals surface area contributed by atoms with Gasteiger partial charge in [-0.25, -0.2) is 13.4 Å². The van der Waals surface area contributed by atoms with Crippen LogP contribution in [-0.4, -0.2) is 28.1 Å². The van der Waals surface area contributed by atoms with Crippen LogP contribution in [0.25, 0.3) is 11.7 Å². The molecule has 1 aliphatic rings. The number of aryl methyl sites for hydroxylation is 1. The average molecular weight is 367 g/mol. The lowest BCUT2D eigenvalue weighted by molar-refractivity contribution is 0.399. The minimum atomic E-state index is -3.50. The Morgan fingerprint density at radius 3 is 2.69 bits per heavy atom. The molecule has 134 valence electrons. The van der Waals surface area contributed by atoms with Crippen molar-refractivity contribution < 1.29 is 8.42 Å². The molecule has 3 aromatic rings. The molecule has 0 N–H and O–H groups in total. The third kappa shape index (κ3) is 3.57. The van der Waals surface area contributed by atoms with Crippen molar-refractivity contribution in [2.75, 3.05) is 0 Å². The second-order valence-electron chi connectivity index (χ2n) is 6.71. The Hall–Kier alpha value is -2.44. The summed E-state index contributed by atoms with van der Waals surface area (Å²) in [5.41, 5.74) is 3.73. The minimum Gasteiger partial charge on any atom is -0.303 e. The van der Waals surface area contributed by atoms with Gasteiger partial charge >= 0.3 is 0 Å². The van der Waals surface area contributed by atoms with E-state index in [0.717, 1.165) is 35.3 Å². The Morgan fingerprint density at radius 1 is 1.19 bits per heavy atom. The van der Waals surface area contributed by atoms with Crippen LogP contribution in [0.5, 0.6) is 0 Å². The van der Waals surface area contributed by atoms with Gasteiger partial charge in [0, 0.05) is 17.6 Å². The standard InChI is InChI=1S/C20H21N3O2S/c1-16-5-7-17(8-6-16)11-13-26(24,25)23(18-9-10-18)15-19-14-21-20-4-2-3-12-22(19)20/h2-8,11-14,18H,9-10,15H2,1H3. The molecule has 1 saturated carbocycles. The number of hydrogen-bond donors (Lipinski definition) is 0. The van der Waals surface area contributed by atoms with Gasteiger partial charge in [-0.3, -0.25) is 0 Å². The predicted octanol–water partition coefficient (Wildman–Crippen LogP) is 3.61. The van der Waals surface area contributed by atoms with E-state index in [1.54, 1.807) is 16.6 Å². The Bertz CT molecular complexity index is 1050. The first-order valence-electron chi connectivity index (χ1n) is 8.70. The molecule has 0 aliphatic heterocycles. The molecule has 2 heterocycles. The van der Waals surface area contributed by atoms with Crippen molar-refractivity contribution in [2.24, 2.45) is 0 Å². The van der Waals surface area contributed by atoms with E-state index in [1.807, 2.05) is 60.0 Å². The lowest BCUT2D eigenvalue weighted by Gasteiger charge is -2.19. The van der Waals surface area contributed by atoms with E-state index < -0.39 is 10.0 Å². The van der Waals surface area contributed by atoms with E-state index in [-0.39, 0.29) is 6.04 Å². The zero-order valence-corrected chi connectivity index (χ0v) is 15.4. The van der Waals surface area contributed by atoms with Crippen molar-refractivity contribution >= 4 is 21.7 Å². The smallest absolute Gasteiger partial charge is 0.236 e. The summed E-state index contributed by atoms with van der Waals surface area (Å²) in [7, 11) is -3.50. The number of hydrogen-bond acceptors (Lipinski definition) is 3. The van der Waals surface area contributed by atoms with Crippen LogP contribution in [-0.2, 0) is 16.6 Å². The van der Waals surface area contributed by atoms with Crippen molar-refractivity contribution in [3.8, 4) is 0 Å². The second kappa shape index (κ2) is 6.70. The molecular formula is C20H21N3O2S. The zero-order valence-electron chi connectivity index (χ0n) is 14.6. The maximum Gasteiger partial charge on any atom is 0.236 e. The zero-order chi connectivity index (χ0) is 18.1. The fourth-order valence-electron chi connectivity index (χ4n) is 2.97. The molecule has 0 atom stereocenters. The average Bonchev–Trinajstić information content (AvgIpc) is 3.39. The monoisotopic (exact) mass is 367 g/mol. The maximum atomic E-state index is 12.9. The molecule has 6 heteroatoms. The van der Waals surface area contributed by atoms with Crippen LogP contribution in [0.3, 0.4) is 0 Å². The largest absolute Gasteiger partial charge is 0.303 e. The van der Waals surface area contributed by atoms with E-state index in [2.05, 4.69) is 4.98 Å².